The normalized spacial score (nSPS) is 15.4. The van der Waals surface area contributed by atoms with Crippen molar-refractivity contribution in [2.45, 2.75) is 25.0 Å². The van der Waals surface area contributed by atoms with Gasteiger partial charge in [-0.1, -0.05) is 6.92 Å². The van der Waals surface area contributed by atoms with Crippen LogP contribution in [-0.4, -0.2) is 23.6 Å². The summed E-state index contributed by atoms with van der Waals surface area (Å²) in [6, 6.07) is 0. The molecule has 0 aliphatic heterocycles. The van der Waals surface area contributed by atoms with Gasteiger partial charge >= 0.3 is 0 Å². The number of aromatic nitrogens is 2. The van der Waals surface area contributed by atoms with Crippen molar-refractivity contribution in [2.24, 2.45) is 0 Å². The van der Waals surface area contributed by atoms with E-state index in [1.807, 2.05) is 0 Å². The van der Waals surface area contributed by atoms with Crippen LogP contribution in [0.5, 0.6) is 0 Å². The van der Waals surface area contributed by atoms with Crippen LogP contribution in [0.4, 0.5) is 4.39 Å². The second-order valence-electron chi connectivity index (χ2n) is 3.07. The minimum absolute atomic E-state index is 0.322. The van der Waals surface area contributed by atoms with Crippen LogP contribution in [0.3, 0.4) is 0 Å². The molecule has 0 fully saturated rings. The number of thiol groups is 1. The molecule has 2 atom stereocenters. The molecule has 0 saturated heterocycles. The van der Waals surface area contributed by atoms with E-state index in [4.69, 9.17) is 0 Å². The van der Waals surface area contributed by atoms with Gasteiger partial charge in [-0.3, -0.25) is 0 Å². The van der Waals surface area contributed by atoms with Gasteiger partial charge in [0.05, 0.1) is 17.6 Å². The van der Waals surface area contributed by atoms with Gasteiger partial charge < -0.3 is 0 Å². The predicted octanol–water partition coefficient (Wildman–Crippen LogP) is 0.719. The first-order chi connectivity index (χ1) is 6.52. The van der Waals surface area contributed by atoms with Crippen molar-refractivity contribution in [2.75, 3.05) is 0 Å². The summed E-state index contributed by atoms with van der Waals surface area (Å²) >= 11 is 0. The molecule has 0 aromatic carbocycles. The summed E-state index contributed by atoms with van der Waals surface area (Å²) in [5, 5.41) is -0.546. The van der Waals surface area contributed by atoms with Gasteiger partial charge in [-0.2, -0.15) is 0 Å². The second kappa shape index (κ2) is 4.45. The molecule has 4 nitrogen and oxygen atoms in total. The maximum absolute atomic E-state index is 12.5. The average Bonchev–Trinajstić information content (AvgIpc) is 2.16. The fourth-order valence-corrected chi connectivity index (χ4v) is 1.45. The molecular formula is C8H11FN2O2S. The lowest BCUT2D eigenvalue weighted by Gasteiger charge is -2.11. The number of halogens is 1. The Morgan fingerprint density at radius 1 is 1.29 bits per heavy atom. The molecule has 1 rings (SSSR count). The molecule has 78 valence electrons. The Bertz CT molecular complexity index is 369. The van der Waals surface area contributed by atoms with Crippen LogP contribution in [0.15, 0.2) is 12.4 Å². The Hall–Kier alpha value is -1.04. The van der Waals surface area contributed by atoms with E-state index >= 15 is 0 Å². The monoisotopic (exact) mass is 218 g/mol. The third-order valence-corrected chi connectivity index (χ3v) is 3.22. The lowest BCUT2D eigenvalue weighted by atomic mass is 10.1. The van der Waals surface area contributed by atoms with Crippen LogP contribution < -0.4 is 0 Å². The van der Waals surface area contributed by atoms with Gasteiger partial charge in [-0.25, -0.2) is 22.8 Å². The first-order valence-corrected chi connectivity index (χ1v) is 5.38. The first kappa shape index (κ1) is 11.0. The van der Waals surface area contributed by atoms with E-state index in [1.54, 1.807) is 13.8 Å². The van der Waals surface area contributed by atoms with Crippen LogP contribution in [0, 0.1) is 5.82 Å². The van der Waals surface area contributed by atoms with E-state index in [1.165, 1.54) is 0 Å². The van der Waals surface area contributed by atoms with Gasteiger partial charge in [-0.15, -0.1) is 0 Å². The minimum Gasteiger partial charge on any atom is -0.238 e. The Labute approximate surface area is 83.2 Å². The zero-order valence-corrected chi connectivity index (χ0v) is 8.74. The maximum Gasteiger partial charge on any atom is 0.159 e. The summed E-state index contributed by atoms with van der Waals surface area (Å²) in [6.45, 7) is 3.27. The van der Waals surface area contributed by atoms with E-state index in [0.29, 0.717) is 5.82 Å². The molecule has 1 aromatic rings. The van der Waals surface area contributed by atoms with Crippen LogP contribution in [0.2, 0.25) is 0 Å². The van der Waals surface area contributed by atoms with E-state index < -0.39 is 21.8 Å². The van der Waals surface area contributed by atoms with Crippen molar-refractivity contribution in [3.8, 4) is 0 Å². The molecule has 0 N–H and O–H groups in total. The highest BCUT2D eigenvalue weighted by Gasteiger charge is 2.19. The Morgan fingerprint density at radius 3 is 2.21 bits per heavy atom. The van der Waals surface area contributed by atoms with E-state index in [-0.39, 0.29) is 5.92 Å². The van der Waals surface area contributed by atoms with Crippen LogP contribution in [0.25, 0.3) is 0 Å². The van der Waals surface area contributed by atoms with Crippen molar-refractivity contribution in [1.82, 2.24) is 9.97 Å². The summed E-state index contributed by atoms with van der Waals surface area (Å²) < 4.78 is 33.8. The average molecular weight is 218 g/mol. The van der Waals surface area contributed by atoms with Gasteiger partial charge in [0, 0.05) is 5.92 Å². The summed E-state index contributed by atoms with van der Waals surface area (Å²) in [6.07, 6.45) is 2.06. The van der Waals surface area contributed by atoms with Crippen molar-refractivity contribution < 1.29 is 12.8 Å². The summed E-state index contributed by atoms with van der Waals surface area (Å²) in [5.74, 6) is -0.505. The molecule has 0 unspecified atom stereocenters. The number of rotatable bonds is 3. The molecule has 14 heavy (non-hydrogen) atoms. The lowest BCUT2D eigenvalue weighted by molar-refractivity contribution is 0.574. The molecule has 0 aliphatic carbocycles. The highest BCUT2D eigenvalue weighted by atomic mass is 32.2. The van der Waals surface area contributed by atoms with E-state index in [0.717, 1.165) is 12.4 Å². The van der Waals surface area contributed by atoms with Crippen LogP contribution >= 0.6 is 0 Å². The largest absolute Gasteiger partial charge is 0.238 e. The van der Waals surface area contributed by atoms with Crippen molar-refractivity contribution >= 4 is 10.7 Å². The fraction of sp³-hybridized carbons (Fsp3) is 0.500. The molecule has 0 bridgehead atoms. The van der Waals surface area contributed by atoms with Crippen molar-refractivity contribution in [3.63, 3.8) is 0 Å². The molecule has 0 radical (unpaired) electrons. The SMILES string of the molecule is C[C@H](c1ncc(F)cn1)[C@@H](C)[SH](=O)=O. The predicted molar refractivity (Wildman–Crippen MR) is 50.2 cm³/mol. The topological polar surface area (TPSA) is 59.9 Å². The number of hydrogen-bond acceptors (Lipinski definition) is 4. The van der Waals surface area contributed by atoms with E-state index in [2.05, 4.69) is 9.97 Å². The number of nitrogens with zero attached hydrogens (tertiary/aromatic N) is 2. The third-order valence-electron chi connectivity index (χ3n) is 2.10. The lowest BCUT2D eigenvalue weighted by Crippen LogP contribution is -2.16. The highest BCUT2D eigenvalue weighted by molar-refractivity contribution is 7.73. The fourth-order valence-electron chi connectivity index (χ4n) is 0.956. The first-order valence-electron chi connectivity index (χ1n) is 4.13. The zero-order chi connectivity index (χ0) is 10.7. The van der Waals surface area contributed by atoms with E-state index in [9.17, 15) is 12.8 Å². The van der Waals surface area contributed by atoms with Gasteiger partial charge in [0.2, 0.25) is 0 Å². The molecule has 0 aliphatic rings. The van der Waals surface area contributed by atoms with Crippen molar-refractivity contribution in [1.29, 1.82) is 0 Å². The molecule has 0 spiro atoms. The van der Waals surface area contributed by atoms with Gasteiger partial charge in [0.15, 0.2) is 5.82 Å². The van der Waals surface area contributed by atoms with Gasteiger partial charge in [-0.05, 0) is 6.92 Å². The highest BCUT2D eigenvalue weighted by Crippen LogP contribution is 2.16. The minimum atomic E-state index is -2.51. The Morgan fingerprint density at radius 2 is 1.79 bits per heavy atom. The maximum atomic E-state index is 12.5. The summed E-state index contributed by atoms with van der Waals surface area (Å²) in [7, 11) is -2.51. The van der Waals surface area contributed by atoms with Crippen LogP contribution in [-0.2, 0) is 10.7 Å². The second-order valence-corrected chi connectivity index (χ2v) is 4.46. The molecule has 0 saturated carbocycles. The molecule has 6 heteroatoms. The Balaban J connectivity index is 2.89. The smallest absolute Gasteiger partial charge is 0.159 e. The third kappa shape index (κ3) is 2.47. The van der Waals surface area contributed by atoms with Crippen molar-refractivity contribution in [3.05, 3.63) is 24.0 Å². The molecular weight excluding hydrogens is 207 g/mol. The quantitative estimate of drug-likeness (QED) is 0.759. The summed E-state index contributed by atoms with van der Waals surface area (Å²) in [5.41, 5.74) is 0. The van der Waals surface area contributed by atoms with Gasteiger partial charge in [0.1, 0.15) is 16.5 Å². The summed E-state index contributed by atoms with van der Waals surface area (Å²) in [4.78, 5) is 7.46. The standard InChI is InChI=1S/C8H11FN2O2S/c1-5(6(2)14(12)13)8-10-3-7(9)4-11-8/h3-6,14H,1-2H3/t5-,6+/m0/s1. The number of hydrogen-bond donors (Lipinski definition) is 1. The molecule has 1 heterocycles. The Kier molecular flexibility index (Phi) is 3.51. The van der Waals surface area contributed by atoms with Gasteiger partial charge in [0.25, 0.3) is 0 Å². The molecule has 0 amide bonds. The zero-order valence-electron chi connectivity index (χ0n) is 7.85. The van der Waals surface area contributed by atoms with Crippen LogP contribution in [0.1, 0.15) is 25.6 Å². The molecule has 1 aromatic heterocycles.